The van der Waals surface area contributed by atoms with Gasteiger partial charge in [-0.1, -0.05) is 31.2 Å². The van der Waals surface area contributed by atoms with E-state index < -0.39 is 5.60 Å². The lowest BCUT2D eigenvalue weighted by Gasteiger charge is -2.21. The van der Waals surface area contributed by atoms with Gasteiger partial charge in [0.1, 0.15) is 11.3 Å². The molecule has 0 spiro atoms. The van der Waals surface area contributed by atoms with Crippen molar-refractivity contribution in [2.45, 2.75) is 31.8 Å². The Labute approximate surface area is 125 Å². The number of hydrogen-bond acceptors (Lipinski definition) is 4. The van der Waals surface area contributed by atoms with Gasteiger partial charge in [-0.05, 0) is 30.4 Å². The third-order valence-electron chi connectivity index (χ3n) is 4.37. The van der Waals surface area contributed by atoms with Crippen molar-refractivity contribution < 1.29 is 5.11 Å². The van der Waals surface area contributed by atoms with Crippen molar-refractivity contribution in [3.05, 3.63) is 47.3 Å². The van der Waals surface area contributed by atoms with Crippen LogP contribution in [0.15, 0.2) is 30.5 Å². The maximum atomic E-state index is 10.6. The molecule has 5 heteroatoms. The maximum Gasteiger partial charge on any atom is 0.124 e. The Morgan fingerprint density at radius 3 is 2.71 bits per heavy atom. The lowest BCUT2D eigenvalue weighted by molar-refractivity contribution is 0.0418. The smallest absolute Gasteiger partial charge is 0.124 e. The molecular formula is C16H22N4O. The summed E-state index contributed by atoms with van der Waals surface area (Å²) in [6.07, 6.45) is 4.43. The molecule has 2 heterocycles. The van der Waals surface area contributed by atoms with Gasteiger partial charge in [0.15, 0.2) is 0 Å². The topological polar surface area (TPSA) is 65.0 Å². The fourth-order valence-electron chi connectivity index (χ4n) is 2.93. The maximum absolute atomic E-state index is 10.6. The molecular weight excluding hydrogens is 264 g/mol. The molecule has 0 aliphatic carbocycles. The minimum atomic E-state index is -0.848. The zero-order valence-corrected chi connectivity index (χ0v) is 12.4. The first-order chi connectivity index (χ1) is 10.2. The van der Waals surface area contributed by atoms with Crippen molar-refractivity contribution in [2.24, 2.45) is 0 Å². The standard InChI is InChI=1S/C16H22N4O/c1-2-13-3-5-14(6-4-13)7-9-20-10-8-16(21,12-20)15-11-17-19-18-15/h3-6,11,21H,2,7-10,12H2,1H3,(H,17,18,19). The molecule has 1 aliphatic heterocycles. The van der Waals surface area contributed by atoms with Crippen molar-refractivity contribution in [3.8, 4) is 0 Å². The molecule has 2 aromatic rings. The van der Waals surface area contributed by atoms with Crippen LogP contribution in [0.3, 0.4) is 0 Å². The van der Waals surface area contributed by atoms with Gasteiger partial charge in [0.2, 0.25) is 0 Å². The largest absolute Gasteiger partial charge is 0.382 e. The van der Waals surface area contributed by atoms with E-state index in [0.717, 1.165) is 25.9 Å². The Morgan fingerprint density at radius 1 is 1.29 bits per heavy atom. The number of H-pyrrole nitrogens is 1. The molecule has 0 amide bonds. The summed E-state index contributed by atoms with van der Waals surface area (Å²) in [5, 5.41) is 21.0. The van der Waals surface area contributed by atoms with Gasteiger partial charge in [-0.15, -0.1) is 0 Å². The number of likely N-dealkylation sites (tertiary alicyclic amines) is 1. The van der Waals surface area contributed by atoms with Crippen molar-refractivity contribution in [2.75, 3.05) is 19.6 Å². The van der Waals surface area contributed by atoms with E-state index in [1.54, 1.807) is 6.20 Å². The normalized spacial score (nSPS) is 22.8. The van der Waals surface area contributed by atoms with E-state index in [2.05, 4.69) is 51.5 Å². The van der Waals surface area contributed by atoms with Crippen LogP contribution in [0.2, 0.25) is 0 Å². The average Bonchev–Trinajstić information content (AvgIpc) is 3.16. The van der Waals surface area contributed by atoms with Crippen molar-refractivity contribution in [1.82, 2.24) is 20.3 Å². The number of nitrogens with zero attached hydrogens (tertiary/aromatic N) is 3. The first kappa shape index (κ1) is 14.2. The van der Waals surface area contributed by atoms with E-state index in [1.807, 2.05) is 0 Å². The number of rotatable bonds is 5. The molecule has 21 heavy (non-hydrogen) atoms. The number of hydrogen-bond donors (Lipinski definition) is 2. The summed E-state index contributed by atoms with van der Waals surface area (Å²) in [7, 11) is 0. The number of benzene rings is 1. The van der Waals surface area contributed by atoms with Crippen LogP contribution >= 0.6 is 0 Å². The minimum Gasteiger partial charge on any atom is -0.382 e. The minimum absolute atomic E-state index is 0.632. The van der Waals surface area contributed by atoms with E-state index >= 15 is 0 Å². The Morgan fingerprint density at radius 2 is 2.05 bits per heavy atom. The van der Waals surface area contributed by atoms with Crippen molar-refractivity contribution in [3.63, 3.8) is 0 Å². The number of aromatic nitrogens is 3. The van der Waals surface area contributed by atoms with Crippen molar-refractivity contribution >= 4 is 0 Å². The predicted octanol–water partition coefficient (Wildman–Crippen LogP) is 1.50. The van der Waals surface area contributed by atoms with Gasteiger partial charge in [0.25, 0.3) is 0 Å². The molecule has 1 aromatic carbocycles. The zero-order valence-electron chi connectivity index (χ0n) is 12.4. The lowest BCUT2D eigenvalue weighted by atomic mass is 10.00. The third kappa shape index (κ3) is 3.14. The first-order valence-corrected chi connectivity index (χ1v) is 7.58. The fraction of sp³-hybridized carbons (Fsp3) is 0.500. The van der Waals surface area contributed by atoms with E-state index in [-0.39, 0.29) is 0 Å². The summed E-state index contributed by atoms with van der Waals surface area (Å²) in [5.74, 6) is 0. The van der Waals surface area contributed by atoms with Gasteiger partial charge in [-0.25, -0.2) is 0 Å². The summed E-state index contributed by atoms with van der Waals surface area (Å²) in [5.41, 5.74) is 2.53. The number of nitrogens with one attached hydrogen (secondary N) is 1. The third-order valence-corrected chi connectivity index (χ3v) is 4.37. The second-order valence-electron chi connectivity index (χ2n) is 5.83. The molecule has 0 saturated carbocycles. The molecule has 1 saturated heterocycles. The van der Waals surface area contributed by atoms with Gasteiger partial charge in [0.05, 0.1) is 6.20 Å². The van der Waals surface area contributed by atoms with Crippen LogP contribution in [-0.4, -0.2) is 45.1 Å². The molecule has 1 aliphatic rings. The molecule has 1 fully saturated rings. The van der Waals surface area contributed by atoms with Gasteiger partial charge in [-0.3, -0.25) is 4.90 Å². The fourth-order valence-corrected chi connectivity index (χ4v) is 2.93. The average molecular weight is 286 g/mol. The van der Waals surface area contributed by atoms with Gasteiger partial charge in [0, 0.05) is 19.6 Å². The van der Waals surface area contributed by atoms with E-state index in [0.29, 0.717) is 18.7 Å². The lowest BCUT2D eigenvalue weighted by Crippen LogP contribution is -2.32. The SMILES string of the molecule is CCc1ccc(CCN2CCC(O)(c3cn[nH]n3)C2)cc1. The summed E-state index contributed by atoms with van der Waals surface area (Å²) >= 11 is 0. The number of aliphatic hydroxyl groups is 1. The second-order valence-corrected chi connectivity index (χ2v) is 5.83. The van der Waals surface area contributed by atoms with Crippen LogP contribution in [0.1, 0.15) is 30.2 Å². The number of aryl methyl sites for hydroxylation is 1. The van der Waals surface area contributed by atoms with Gasteiger partial charge in [-0.2, -0.15) is 15.4 Å². The van der Waals surface area contributed by atoms with E-state index in [4.69, 9.17) is 0 Å². The molecule has 1 unspecified atom stereocenters. The summed E-state index contributed by atoms with van der Waals surface area (Å²) in [6.45, 7) is 4.67. The summed E-state index contributed by atoms with van der Waals surface area (Å²) in [6, 6.07) is 8.81. The molecule has 0 bridgehead atoms. The van der Waals surface area contributed by atoms with E-state index in [9.17, 15) is 5.11 Å². The van der Waals surface area contributed by atoms with Crippen LogP contribution in [0, 0.1) is 0 Å². The highest BCUT2D eigenvalue weighted by molar-refractivity contribution is 5.22. The molecule has 5 nitrogen and oxygen atoms in total. The zero-order chi connectivity index (χ0) is 14.7. The highest BCUT2D eigenvalue weighted by atomic mass is 16.3. The highest BCUT2D eigenvalue weighted by Gasteiger charge is 2.39. The predicted molar refractivity (Wildman–Crippen MR) is 80.9 cm³/mol. The molecule has 1 aromatic heterocycles. The molecule has 3 rings (SSSR count). The Hall–Kier alpha value is -1.72. The Balaban J connectivity index is 1.55. The van der Waals surface area contributed by atoms with Crippen LogP contribution in [0.25, 0.3) is 0 Å². The molecule has 2 N–H and O–H groups in total. The highest BCUT2D eigenvalue weighted by Crippen LogP contribution is 2.29. The summed E-state index contributed by atoms with van der Waals surface area (Å²) in [4.78, 5) is 2.29. The van der Waals surface area contributed by atoms with Crippen LogP contribution in [-0.2, 0) is 18.4 Å². The van der Waals surface area contributed by atoms with E-state index in [1.165, 1.54) is 11.1 Å². The van der Waals surface area contributed by atoms with Crippen molar-refractivity contribution in [1.29, 1.82) is 0 Å². The number of β-amino-alcohol motifs (C(OH)–C–C–N with tert-alkyl or cyclic N) is 1. The molecule has 112 valence electrons. The quantitative estimate of drug-likeness (QED) is 0.874. The first-order valence-electron chi connectivity index (χ1n) is 7.58. The van der Waals surface area contributed by atoms with Crippen LogP contribution in [0.4, 0.5) is 0 Å². The number of aromatic amines is 1. The summed E-state index contributed by atoms with van der Waals surface area (Å²) < 4.78 is 0. The van der Waals surface area contributed by atoms with Crippen LogP contribution < -0.4 is 0 Å². The Bertz CT molecular complexity index is 566. The molecule has 1 atom stereocenters. The van der Waals surface area contributed by atoms with Gasteiger partial charge < -0.3 is 5.11 Å². The monoisotopic (exact) mass is 286 g/mol. The molecule has 0 radical (unpaired) electrons. The second kappa shape index (κ2) is 5.95. The van der Waals surface area contributed by atoms with Crippen LogP contribution in [0.5, 0.6) is 0 Å². The Kier molecular flexibility index (Phi) is 4.03. The van der Waals surface area contributed by atoms with Gasteiger partial charge >= 0.3 is 0 Å².